The van der Waals surface area contributed by atoms with Crippen LogP contribution in [0.4, 0.5) is 4.39 Å². The van der Waals surface area contributed by atoms with Crippen LogP contribution in [-0.2, 0) is 29.0 Å². The molecule has 39 heavy (non-hydrogen) atoms. The van der Waals surface area contributed by atoms with Crippen LogP contribution in [0.5, 0.6) is 5.75 Å². The maximum atomic E-state index is 13.8. The van der Waals surface area contributed by atoms with Gasteiger partial charge in [0.15, 0.2) is 5.71 Å². The monoisotopic (exact) mass is 564 g/mol. The van der Waals surface area contributed by atoms with Gasteiger partial charge >= 0.3 is 5.97 Å². The van der Waals surface area contributed by atoms with Gasteiger partial charge in [-0.3, -0.25) is 4.98 Å². The molecule has 1 unspecified atom stereocenters. The van der Waals surface area contributed by atoms with Crippen molar-refractivity contribution in [1.29, 1.82) is 0 Å². The number of benzene rings is 2. The van der Waals surface area contributed by atoms with Gasteiger partial charge in [0.1, 0.15) is 18.2 Å². The third-order valence-corrected chi connectivity index (χ3v) is 8.04. The zero-order valence-corrected chi connectivity index (χ0v) is 22.8. The number of halogens is 2. The molecule has 0 fully saturated rings. The van der Waals surface area contributed by atoms with E-state index in [4.69, 9.17) is 26.9 Å². The predicted octanol–water partition coefficient (Wildman–Crippen LogP) is 5.80. The molecule has 0 saturated heterocycles. The van der Waals surface area contributed by atoms with Gasteiger partial charge in [-0.05, 0) is 72.9 Å². The van der Waals surface area contributed by atoms with Gasteiger partial charge in [-0.25, -0.2) is 14.2 Å². The van der Waals surface area contributed by atoms with Crippen molar-refractivity contribution in [2.75, 3.05) is 12.4 Å². The zero-order chi connectivity index (χ0) is 27.4. The molecule has 0 amide bonds. The van der Waals surface area contributed by atoms with Gasteiger partial charge in [0.05, 0.1) is 28.1 Å². The van der Waals surface area contributed by atoms with Gasteiger partial charge in [0.25, 0.3) is 0 Å². The first-order valence-corrected chi connectivity index (χ1v) is 13.9. The number of esters is 1. The van der Waals surface area contributed by atoms with Crippen LogP contribution >= 0.6 is 23.4 Å². The quantitative estimate of drug-likeness (QED) is 0.125. The summed E-state index contributed by atoms with van der Waals surface area (Å²) < 4.78 is 25.0. The molecule has 10 heteroatoms. The van der Waals surface area contributed by atoms with Crippen LogP contribution < -0.4 is 10.6 Å². The predicted molar refractivity (Wildman–Crippen MR) is 152 cm³/mol. The van der Waals surface area contributed by atoms with Crippen molar-refractivity contribution in [2.24, 2.45) is 10.9 Å². The Hall–Kier alpha value is -3.69. The van der Waals surface area contributed by atoms with Gasteiger partial charge in [-0.2, -0.15) is 5.10 Å². The van der Waals surface area contributed by atoms with Crippen molar-refractivity contribution in [3.8, 4) is 5.75 Å². The average molecular weight is 565 g/mol. The second kappa shape index (κ2) is 12.0. The highest BCUT2D eigenvalue weighted by Crippen LogP contribution is 2.42. The summed E-state index contributed by atoms with van der Waals surface area (Å²) in [6.07, 6.45) is 3.44. The Morgan fingerprint density at radius 3 is 2.87 bits per heavy atom. The highest BCUT2D eigenvalue weighted by Gasteiger charge is 2.27. The molecule has 7 nitrogen and oxygen atoms in total. The molecular weight excluding hydrogens is 539 g/mol. The van der Waals surface area contributed by atoms with Gasteiger partial charge in [0.2, 0.25) is 0 Å². The number of carbonyl (C=O) groups is 1. The summed E-state index contributed by atoms with van der Waals surface area (Å²) in [6, 6.07) is 16.5. The lowest BCUT2D eigenvalue weighted by molar-refractivity contribution is -0.135. The number of pyridine rings is 2. The highest BCUT2D eigenvalue weighted by atomic mass is 35.5. The number of rotatable bonds is 8. The van der Waals surface area contributed by atoms with E-state index in [9.17, 15) is 9.18 Å². The lowest BCUT2D eigenvalue weighted by atomic mass is 10.0. The Morgan fingerprint density at radius 2 is 2.05 bits per heavy atom. The Balaban J connectivity index is 1.41. The van der Waals surface area contributed by atoms with E-state index >= 15 is 0 Å². The second-order valence-electron chi connectivity index (χ2n) is 8.94. The van der Waals surface area contributed by atoms with E-state index in [0.29, 0.717) is 22.3 Å². The van der Waals surface area contributed by atoms with Gasteiger partial charge in [-0.1, -0.05) is 29.8 Å². The molecule has 0 saturated carbocycles. The van der Waals surface area contributed by atoms with Crippen molar-refractivity contribution in [1.82, 2.24) is 9.97 Å². The van der Waals surface area contributed by atoms with Crippen LogP contribution in [0.1, 0.15) is 40.3 Å². The van der Waals surface area contributed by atoms with Crippen molar-refractivity contribution in [3.05, 3.63) is 99.7 Å². The molecule has 0 aliphatic heterocycles. The van der Waals surface area contributed by atoms with Crippen LogP contribution in [-0.4, -0.2) is 34.0 Å². The molecule has 1 atom stereocenters. The fourth-order valence-corrected chi connectivity index (χ4v) is 6.02. The molecule has 2 N–H and O–H groups in total. The molecular formula is C29H26ClFN4O3S. The molecule has 2 aromatic heterocycles. The maximum absolute atomic E-state index is 13.8. The number of fused-ring (bicyclic) bond motifs is 3. The Labute approximate surface area is 234 Å². The smallest absolute Gasteiger partial charge is 0.355 e. The molecule has 0 spiro atoms. The standard InChI is InChI=1S/C29H26ClFN4O3S/c1-2-37-29(36)27(35-32)16-39-28-21-4-3-11-33-25(21)10-7-17-6-9-20(13-22(17)28)38-15-19-8-5-18-12-24(31)23(30)14-26(18)34-19/h3-6,8-9,11-14,28H,2,7,10,15-16,32H2,1H3/b35-27+. The van der Waals surface area contributed by atoms with Crippen LogP contribution in [0.25, 0.3) is 10.9 Å². The summed E-state index contributed by atoms with van der Waals surface area (Å²) in [7, 11) is 0. The summed E-state index contributed by atoms with van der Waals surface area (Å²) in [5, 5.41) is 4.27. The number of thioether (sulfide) groups is 1. The molecule has 2 aromatic carbocycles. The first kappa shape index (κ1) is 26.9. The molecule has 1 aliphatic rings. The van der Waals surface area contributed by atoms with E-state index < -0.39 is 11.8 Å². The number of nitrogens with two attached hydrogens (primary N) is 1. The molecule has 1 aliphatic carbocycles. The molecule has 5 rings (SSSR count). The van der Waals surface area contributed by atoms with E-state index in [-0.39, 0.29) is 35.0 Å². The number of aryl methyl sites for hydroxylation is 2. The third kappa shape index (κ3) is 5.99. The van der Waals surface area contributed by atoms with Crippen molar-refractivity contribution >= 4 is 45.9 Å². The number of hydrazone groups is 1. The Bertz CT molecular complexity index is 1570. The van der Waals surface area contributed by atoms with E-state index in [2.05, 4.69) is 27.2 Å². The third-order valence-electron chi connectivity index (χ3n) is 6.47. The number of nitrogens with zero attached hydrogens (tertiary/aromatic N) is 3. The first-order valence-electron chi connectivity index (χ1n) is 12.5. The first-order chi connectivity index (χ1) is 19.0. The van der Waals surface area contributed by atoms with E-state index in [0.717, 1.165) is 29.7 Å². The zero-order valence-electron chi connectivity index (χ0n) is 21.2. The normalized spacial score (nSPS) is 14.8. The van der Waals surface area contributed by atoms with Crippen LogP contribution in [0.3, 0.4) is 0 Å². The van der Waals surface area contributed by atoms with E-state index in [1.165, 1.54) is 17.7 Å². The van der Waals surface area contributed by atoms with Crippen molar-refractivity contribution in [2.45, 2.75) is 31.6 Å². The molecule has 4 aromatic rings. The van der Waals surface area contributed by atoms with Crippen molar-refractivity contribution in [3.63, 3.8) is 0 Å². The topological polar surface area (TPSA) is 99.7 Å². The van der Waals surface area contributed by atoms with Gasteiger partial charge < -0.3 is 15.3 Å². The minimum Gasteiger partial charge on any atom is -0.487 e. The molecule has 2 heterocycles. The van der Waals surface area contributed by atoms with Gasteiger partial charge in [0, 0.05) is 23.0 Å². The van der Waals surface area contributed by atoms with Crippen molar-refractivity contribution < 1.29 is 18.7 Å². The number of hydrogen-bond acceptors (Lipinski definition) is 8. The Kier molecular flexibility index (Phi) is 8.28. The summed E-state index contributed by atoms with van der Waals surface area (Å²) in [5.41, 5.74) is 5.83. The minimum absolute atomic E-state index is 0.0305. The summed E-state index contributed by atoms with van der Waals surface area (Å²) >= 11 is 7.49. The maximum Gasteiger partial charge on any atom is 0.355 e. The van der Waals surface area contributed by atoms with E-state index in [1.807, 2.05) is 24.3 Å². The van der Waals surface area contributed by atoms with Crippen LogP contribution in [0.15, 0.2) is 65.9 Å². The van der Waals surface area contributed by atoms with E-state index in [1.54, 1.807) is 30.9 Å². The number of carbonyl (C=O) groups excluding carboxylic acids is 1. The largest absolute Gasteiger partial charge is 0.487 e. The lowest BCUT2D eigenvalue weighted by Gasteiger charge is -2.20. The lowest BCUT2D eigenvalue weighted by Crippen LogP contribution is -2.22. The highest BCUT2D eigenvalue weighted by molar-refractivity contribution is 8.00. The fourth-order valence-electron chi connectivity index (χ4n) is 4.56. The number of ether oxygens (including phenoxy) is 2. The molecule has 0 radical (unpaired) electrons. The SMILES string of the molecule is CCOC(=O)/C(CSC1c2cc(OCc3ccc4cc(F)c(Cl)cc4n3)ccc2CCc2ncccc21)=N/N. The number of hydrogen-bond donors (Lipinski definition) is 1. The fraction of sp³-hybridized carbons (Fsp3) is 0.241. The van der Waals surface area contributed by atoms with Crippen LogP contribution in [0.2, 0.25) is 5.02 Å². The summed E-state index contributed by atoms with van der Waals surface area (Å²) in [5.74, 6) is 5.49. The second-order valence-corrected chi connectivity index (χ2v) is 10.4. The number of aromatic nitrogens is 2. The van der Waals surface area contributed by atoms with Crippen LogP contribution in [0, 0.1) is 5.82 Å². The average Bonchev–Trinajstić information content (AvgIpc) is 3.09. The molecule has 0 bridgehead atoms. The summed E-state index contributed by atoms with van der Waals surface area (Å²) in [6.45, 7) is 2.22. The molecule has 200 valence electrons. The Morgan fingerprint density at radius 1 is 1.18 bits per heavy atom. The van der Waals surface area contributed by atoms with Gasteiger partial charge in [-0.15, -0.1) is 11.8 Å². The minimum atomic E-state index is -0.517. The summed E-state index contributed by atoms with van der Waals surface area (Å²) in [4.78, 5) is 21.5.